The second-order valence-corrected chi connectivity index (χ2v) is 8.24. The van der Waals surface area contributed by atoms with Crippen molar-refractivity contribution < 1.29 is 9.53 Å². The van der Waals surface area contributed by atoms with Crippen molar-refractivity contribution in [2.45, 2.75) is 65.0 Å². The Balaban J connectivity index is 1.83. The summed E-state index contributed by atoms with van der Waals surface area (Å²) < 4.78 is 5.52. The Hall–Kier alpha value is -0.810. The van der Waals surface area contributed by atoms with E-state index in [1.54, 1.807) is 0 Å². The van der Waals surface area contributed by atoms with Gasteiger partial charge in [0, 0.05) is 32.2 Å². The van der Waals surface area contributed by atoms with Crippen LogP contribution in [0.5, 0.6) is 0 Å². The van der Waals surface area contributed by atoms with E-state index in [2.05, 4.69) is 17.6 Å². The molecule has 2 unspecified atom stereocenters. The van der Waals surface area contributed by atoms with Crippen LogP contribution in [0.15, 0.2) is 0 Å². The lowest BCUT2D eigenvalue weighted by Crippen LogP contribution is -2.53. The Labute approximate surface area is 135 Å². The van der Waals surface area contributed by atoms with Gasteiger partial charge in [-0.05, 0) is 58.4 Å². The van der Waals surface area contributed by atoms with Gasteiger partial charge in [0.25, 0.3) is 0 Å². The highest BCUT2D eigenvalue weighted by Crippen LogP contribution is 2.30. The van der Waals surface area contributed by atoms with Gasteiger partial charge in [0.2, 0.25) is 0 Å². The SMILES string of the molecule is CC1(CNC2CCCNC2)CCCN(C(=O)OC(C)(C)C)C1. The van der Waals surface area contributed by atoms with Crippen LogP contribution in [0.2, 0.25) is 0 Å². The van der Waals surface area contributed by atoms with Gasteiger partial charge in [0.15, 0.2) is 0 Å². The van der Waals surface area contributed by atoms with Crippen molar-refractivity contribution in [3.8, 4) is 0 Å². The molecule has 0 bridgehead atoms. The summed E-state index contributed by atoms with van der Waals surface area (Å²) in [5, 5.41) is 7.14. The molecule has 0 radical (unpaired) electrons. The van der Waals surface area contributed by atoms with E-state index in [0.29, 0.717) is 6.04 Å². The summed E-state index contributed by atoms with van der Waals surface area (Å²) in [7, 11) is 0. The van der Waals surface area contributed by atoms with E-state index in [9.17, 15) is 4.79 Å². The molecule has 0 spiro atoms. The highest BCUT2D eigenvalue weighted by molar-refractivity contribution is 5.68. The van der Waals surface area contributed by atoms with Crippen LogP contribution in [0.3, 0.4) is 0 Å². The fourth-order valence-corrected chi connectivity index (χ4v) is 3.36. The van der Waals surface area contributed by atoms with Gasteiger partial charge in [-0.2, -0.15) is 0 Å². The van der Waals surface area contributed by atoms with Crippen LogP contribution < -0.4 is 10.6 Å². The van der Waals surface area contributed by atoms with Gasteiger partial charge in [0.05, 0.1) is 0 Å². The predicted octanol–water partition coefficient (Wildman–Crippen LogP) is 2.37. The molecular weight excluding hydrogens is 278 g/mol. The van der Waals surface area contributed by atoms with E-state index in [-0.39, 0.29) is 11.5 Å². The van der Waals surface area contributed by atoms with Crippen molar-refractivity contribution >= 4 is 6.09 Å². The largest absolute Gasteiger partial charge is 0.444 e. The molecule has 0 aromatic heterocycles. The first-order chi connectivity index (χ1) is 10.3. The highest BCUT2D eigenvalue weighted by Gasteiger charge is 2.35. The molecule has 2 N–H and O–H groups in total. The minimum absolute atomic E-state index is 0.145. The Morgan fingerprint density at radius 1 is 1.41 bits per heavy atom. The number of carbonyl (C=O) groups excluding carboxylic acids is 1. The number of hydrogen-bond donors (Lipinski definition) is 2. The number of likely N-dealkylation sites (tertiary alicyclic amines) is 1. The minimum atomic E-state index is -0.420. The topological polar surface area (TPSA) is 53.6 Å². The number of amides is 1. The monoisotopic (exact) mass is 311 g/mol. The van der Waals surface area contributed by atoms with Gasteiger partial charge >= 0.3 is 6.09 Å². The van der Waals surface area contributed by atoms with Crippen LogP contribution >= 0.6 is 0 Å². The average Bonchev–Trinajstić information content (AvgIpc) is 2.45. The Kier molecular flexibility index (Phi) is 5.72. The Bertz CT molecular complexity index is 375. The quantitative estimate of drug-likeness (QED) is 0.840. The van der Waals surface area contributed by atoms with Crippen LogP contribution in [-0.4, -0.2) is 55.4 Å². The first-order valence-electron chi connectivity index (χ1n) is 8.69. The molecule has 5 heteroatoms. The summed E-state index contributed by atoms with van der Waals surface area (Å²) >= 11 is 0. The zero-order chi connectivity index (χ0) is 16.2. The van der Waals surface area contributed by atoms with Crippen molar-refractivity contribution in [2.24, 2.45) is 5.41 Å². The maximum atomic E-state index is 12.3. The molecule has 0 aromatic carbocycles. The van der Waals surface area contributed by atoms with Gasteiger partial charge in [-0.1, -0.05) is 6.92 Å². The van der Waals surface area contributed by atoms with Gasteiger partial charge in [0.1, 0.15) is 5.60 Å². The predicted molar refractivity (Wildman–Crippen MR) is 89.0 cm³/mol. The standard InChI is InChI=1S/C17H33N3O2/c1-16(2,3)22-15(21)20-10-6-8-17(4,13-20)12-19-14-7-5-9-18-11-14/h14,18-19H,5-13H2,1-4H3. The highest BCUT2D eigenvalue weighted by atomic mass is 16.6. The van der Waals surface area contributed by atoms with Crippen LogP contribution in [-0.2, 0) is 4.74 Å². The van der Waals surface area contributed by atoms with E-state index in [1.807, 2.05) is 25.7 Å². The smallest absolute Gasteiger partial charge is 0.410 e. The van der Waals surface area contributed by atoms with E-state index in [0.717, 1.165) is 39.1 Å². The third-order valence-corrected chi connectivity index (χ3v) is 4.55. The molecule has 2 fully saturated rings. The number of rotatable bonds is 3. The van der Waals surface area contributed by atoms with E-state index in [4.69, 9.17) is 4.74 Å². The summed E-state index contributed by atoms with van der Waals surface area (Å²) in [4.78, 5) is 14.2. The first kappa shape index (κ1) is 17.5. The molecule has 2 saturated heterocycles. The molecule has 0 saturated carbocycles. The lowest BCUT2D eigenvalue weighted by molar-refractivity contribution is 0.00638. The molecule has 2 atom stereocenters. The number of hydrogen-bond acceptors (Lipinski definition) is 4. The third-order valence-electron chi connectivity index (χ3n) is 4.55. The first-order valence-corrected chi connectivity index (χ1v) is 8.69. The van der Waals surface area contributed by atoms with Gasteiger partial charge in [-0.15, -0.1) is 0 Å². The van der Waals surface area contributed by atoms with Crippen LogP contribution in [0, 0.1) is 5.41 Å². The molecule has 128 valence electrons. The summed E-state index contributed by atoms with van der Waals surface area (Å²) in [6, 6.07) is 0.572. The van der Waals surface area contributed by atoms with Gasteiger partial charge in [-0.25, -0.2) is 4.79 Å². The Morgan fingerprint density at radius 3 is 2.82 bits per heavy atom. The summed E-state index contributed by atoms with van der Waals surface area (Å²) in [5.74, 6) is 0. The fraction of sp³-hybridized carbons (Fsp3) is 0.941. The molecule has 22 heavy (non-hydrogen) atoms. The van der Waals surface area contributed by atoms with E-state index < -0.39 is 5.60 Å². The summed E-state index contributed by atoms with van der Waals surface area (Å²) in [6.07, 6.45) is 4.55. The number of nitrogens with zero attached hydrogens (tertiary/aromatic N) is 1. The Morgan fingerprint density at radius 2 is 2.18 bits per heavy atom. The summed E-state index contributed by atoms with van der Waals surface area (Å²) in [5.41, 5.74) is -0.274. The number of piperidine rings is 2. The third kappa shape index (κ3) is 5.43. The minimum Gasteiger partial charge on any atom is -0.444 e. The number of carbonyl (C=O) groups is 1. The second kappa shape index (κ2) is 7.18. The second-order valence-electron chi connectivity index (χ2n) is 8.24. The zero-order valence-corrected chi connectivity index (χ0v) is 14.7. The number of ether oxygens (including phenoxy) is 1. The van der Waals surface area contributed by atoms with Crippen molar-refractivity contribution in [2.75, 3.05) is 32.7 Å². The van der Waals surface area contributed by atoms with Crippen molar-refractivity contribution in [1.82, 2.24) is 15.5 Å². The van der Waals surface area contributed by atoms with E-state index in [1.165, 1.54) is 19.3 Å². The molecule has 2 aliphatic heterocycles. The molecule has 2 heterocycles. The average molecular weight is 311 g/mol. The molecule has 5 nitrogen and oxygen atoms in total. The van der Waals surface area contributed by atoms with Crippen LogP contribution in [0.1, 0.15) is 53.4 Å². The van der Waals surface area contributed by atoms with Gasteiger partial charge in [-0.3, -0.25) is 0 Å². The molecular formula is C17H33N3O2. The number of nitrogens with one attached hydrogen (secondary N) is 2. The van der Waals surface area contributed by atoms with Crippen molar-refractivity contribution in [3.05, 3.63) is 0 Å². The van der Waals surface area contributed by atoms with Crippen LogP contribution in [0.25, 0.3) is 0 Å². The van der Waals surface area contributed by atoms with Crippen molar-refractivity contribution in [3.63, 3.8) is 0 Å². The molecule has 2 aliphatic rings. The van der Waals surface area contributed by atoms with Crippen molar-refractivity contribution in [1.29, 1.82) is 0 Å². The van der Waals surface area contributed by atoms with Gasteiger partial charge < -0.3 is 20.3 Å². The molecule has 1 amide bonds. The molecule has 2 rings (SSSR count). The fourth-order valence-electron chi connectivity index (χ4n) is 3.36. The summed E-state index contributed by atoms with van der Waals surface area (Å²) in [6.45, 7) is 12.8. The molecule has 0 aromatic rings. The normalized spacial score (nSPS) is 30.2. The maximum absolute atomic E-state index is 12.3. The van der Waals surface area contributed by atoms with Crippen LogP contribution in [0.4, 0.5) is 4.79 Å². The molecule has 0 aliphatic carbocycles. The zero-order valence-electron chi connectivity index (χ0n) is 14.7. The lowest BCUT2D eigenvalue weighted by Gasteiger charge is -2.42. The lowest BCUT2D eigenvalue weighted by atomic mass is 9.81. The maximum Gasteiger partial charge on any atom is 0.410 e. The van der Waals surface area contributed by atoms with E-state index >= 15 is 0 Å².